The summed E-state index contributed by atoms with van der Waals surface area (Å²) in [6, 6.07) is 76.6. The van der Waals surface area contributed by atoms with E-state index in [-0.39, 0.29) is 0 Å². The van der Waals surface area contributed by atoms with Crippen LogP contribution in [-0.4, -0.2) is 0 Å². The van der Waals surface area contributed by atoms with Gasteiger partial charge >= 0.3 is 0 Å². The minimum absolute atomic E-state index is 0.887. The summed E-state index contributed by atoms with van der Waals surface area (Å²) in [4.78, 5) is 2.47. The van der Waals surface area contributed by atoms with E-state index in [9.17, 15) is 0 Å². The average molecular weight is 832 g/mol. The maximum absolute atomic E-state index is 6.56. The predicted octanol–water partition coefficient (Wildman–Crippen LogP) is 17.7. The summed E-state index contributed by atoms with van der Waals surface area (Å²) in [5, 5.41) is 9.35. The van der Waals surface area contributed by atoms with Crippen LogP contribution >= 0.6 is 0 Å². The molecule has 0 saturated carbocycles. The molecule has 0 amide bonds. The van der Waals surface area contributed by atoms with Crippen LogP contribution in [-0.2, 0) is 0 Å². The number of anilines is 2. The molecule has 0 fully saturated rings. The quantitative estimate of drug-likeness (QED) is 0.160. The normalized spacial score (nSPS) is 13.0. The maximum Gasteiger partial charge on any atom is 0.143 e. The molecule has 0 saturated heterocycles. The fourth-order valence-electron chi connectivity index (χ4n) is 10.1. The molecule has 0 spiro atoms. The van der Waals surface area contributed by atoms with Crippen LogP contribution in [0.4, 0.5) is 11.4 Å². The molecule has 12 aromatic rings. The first-order valence-corrected chi connectivity index (χ1v) is 22.4. The monoisotopic (exact) mass is 831 g/mol. The maximum atomic E-state index is 6.56. The SMILES string of the molecule is C1=CC(c2ccc3oc4c5ccccc5ccc4c3c2)=C(N(c2ccc(-c3cccc(-c4ccc5ccccc5c4)c3)cc2)c2ccc(-c3cccc4oc5ccccc5c34)cc2)CC1. The molecule has 1 aliphatic carbocycles. The van der Waals surface area contributed by atoms with Crippen molar-refractivity contribution in [3.8, 4) is 33.4 Å². The van der Waals surface area contributed by atoms with Gasteiger partial charge in [-0.3, -0.25) is 0 Å². The van der Waals surface area contributed by atoms with Crippen LogP contribution in [0, 0.1) is 0 Å². The second-order valence-electron chi connectivity index (χ2n) is 17.1. The van der Waals surface area contributed by atoms with E-state index in [2.05, 4.69) is 217 Å². The lowest BCUT2D eigenvalue weighted by Gasteiger charge is -2.32. The standard InChI is InChI=1S/C62H41NO2/c1-2-13-44-38-47(24-23-40(44)11-1)46-15-9-14-45(37-46)41-25-31-49(32-26-41)63(50-33-27-43(28-34-50)52-19-10-22-60-61(52)55-18-6-8-21-58(55)64-60)57-20-7-5-16-51(57)48-30-36-59-56(39-48)54-35-29-42-12-3-4-17-53(42)62(54)65-59/h1-6,8-19,21-39H,7,20H2. The van der Waals surface area contributed by atoms with E-state index in [0.717, 1.165) is 84.6 Å². The fraction of sp³-hybridized carbons (Fsp3) is 0.0323. The minimum atomic E-state index is 0.887. The van der Waals surface area contributed by atoms with E-state index < -0.39 is 0 Å². The van der Waals surface area contributed by atoms with Crippen LogP contribution in [0.5, 0.6) is 0 Å². The van der Waals surface area contributed by atoms with E-state index >= 15 is 0 Å². The summed E-state index contributed by atoms with van der Waals surface area (Å²) < 4.78 is 12.9. The Labute approximate surface area is 376 Å². The van der Waals surface area contributed by atoms with Gasteiger partial charge in [-0.1, -0.05) is 158 Å². The van der Waals surface area contributed by atoms with Gasteiger partial charge in [0, 0.05) is 49.6 Å². The van der Waals surface area contributed by atoms with E-state index in [1.165, 1.54) is 55.2 Å². The molecular weight excluding hydrogens is 791 g/mol. The fourth-order valence-corrected chi connectivity index (χ4v) is 10.1. The van der Waals surface area contributed by atoms with Crippen molar-refractivity contribution < 1.29 is 8.83 Å². The van der Waals surface area contributed by atoms with Gasteiger partial charge in [0.05, 0.1) is 0 Å². The molecule has 0 bridgehead atoms. The third kappa shape index (κ3) is 6.35. The number of fused-ring (bicyclic) bond motifs is 9. The number of rotatable bonds is 7. The second-order valence-corrected chi connectivity index (χ2v) is 17.1. The van der Waals surface area contributed by atoms with Crippen molar-refractivity contribution in [1.29, 1.82) is 0 Å². The van der Waals surface area contributed by atoms with Gasteiger partial charge in [0.2, 0.25) is 0 Å². The third-order valence-corrected chi connectivity index (χ3v) is 13.3. The second kappa shape index (κ2) is 15.1. The van der Waals surface area contributed by atoms with Crippen LogP contribution in [0.3, 0.4) is 0 Å². The predicted molar refractivity (Wildman–Crippen MR) is 273 cm³/mol. The van der Waals surface area contributed by atoms with Crippen molar-refractivity contribution in [2.75, 3.05) is 4.90 Å². The highest BCUT2D eigenvalue weighted by Crippen LogP contribution is 2.43. The summed E-state index contributed by atoms with van der Waals surface area (Å²) in [5.74, 6) is 0. The molecule has 10 aromatic carbocycles. The summed E-state index contributed by atoms with van der Waals surface area (Å²) >= 11 is 0. The highest BCUT2D eigenvalue weighted by atomic mass is 16.3. The van der Waals surface area contributed by atoms with E-state index in [1.54, 1.807) is 0 Å². The number of benzene rings is 10. The number of nitrogens with zero attached hydrogens (tertiary/aromatic N) is 1. The van der Waals surface area contributed by atoms with E-state index in [1.807, 2.05) is 12.1 Å². The van der Waals surface area contributed by atoms with Gasteiger partial charge in [0.1, 0.15) is 22.3 Å². The van der Waals surface area contributed by atoms with Crippen LogP contribution < -0.4 is 4.90 Å². The molecule has 65 heavy (non-hydrogen) atoms. The molecule has 306 valence electrons. The van der Waals surface area contributed by atoms with Gasteiger partial charge in [0.25, 0.3) is 0 Å². The number of furan rings is 2. The Morgan fingerprint density at radius 2 is 1.00 bits per heavy atom. The van der Waals surface area contributed by atoms with E-state index in [0.29, 0.717) is 0 Å². The lowest BCUT2D eigenvalue weighted by Crippen LogP contribution is -2.19. The summed E-state index contributed by atoms with van der Waals surface area (Å²) in [6.45, 7) is 0. The van der Waals surface area contributed by atoms with Gasteiger partial charge in [-0.15, -0.1) is 0 Å². The minimum Gasteiger partial charge on any atom is -0.456 e. The molecule has 0 aliphatic heterocycles. The Hall–Kier alpha value is -8.40. The molecule has 0 unspecified atom stereocenters. The molecule has 1 aliphatic rings. The van der Waals surface area contributed by atoms with Gasteiger partial charge in [-0.25, -0.2) is 0 Å². The lowest BCUT2D eigenvalue weighted by molar-refractivity contribution is 0.669. The van der Waals surface area contributed by atoms with Gasteiger partial charge in [-0.2, -0.15) is 0 Å². The summed E-state index contributed by atoms with van der Waals surface area (Å²) in [6.07, 6.45) is 6.47. The Kier molecular flexibility index (Phi) is 8.67. The molecule has 3 nitrogen and oxygen atoms in total. The van der Waals surface area contributed by atoms with Crippen molar-refractivity contribution in [3.63, 3.8) is 0 Å². The molecule has 0 radical (unpaired) electrons. The van der Waals surface area contributed by atoms with Crippen LogP contribution in [0.1, 0.15) is 18.4 Å². The van der Waals surface area contributed by atoms with Gasteiger partial charge < -0.3 is 13.7 Å². The van der Waals surface area contributed by atoms with E-state index in [4.69, 9.17) is 8.83 Å². The summed E-state index contributed by atoms with van der Waals surface area (Å²) in [7, 11) is 0. The zero-order chi connectivity index (χ0) is 42.8. The Morgan fingerprint density at radius 3 is 1.85 bits per heavy atom. The first-order chi connectivity index (χ1) is 32.2. The Morgan fingerprint density at radius 1 is 0.369 bits per heavy atom. The van der Waals surface area contributed by atoms with Crippen molar-refractivity contribution >= 4 is 82.4 Å². The number of allylic oxidation sites excluding steroid dienone is 4. The van der Waals surface area contributed by atoms with Gasteiger partial charge in [-0.05, 0) is 135 Å². The van der Waals surface area contributed by atoms with Crippen molar-refractivity contribution in [1.82, 2.24) is 0 Å². The zero-order valence-corrected chi connectivity index (χ0v) is 35.5. The third-order valence-electron chi connectivity index (χ3n) is 13.3. The Bertz CT molecular complexity index is 3880. The van der Waals surface area contributed by atoms with Crippen molar-refractivity contribution in [2.24, 2.45) is 0 Å². The smallest absolute Gasteiger partial charge is 0.143 e. The number of hydrogen-bond donors (Lipinski definition) is 0. The van der Waals surface area contributed by atoms with Gasteiger partial charge in [0.15, 0.2) is 0 Å². The van der Waals surface area contributed by atoms with Crippen LogP contribution in [0.25, 0.3) is 104 Å². The molecule has 13 rings (SSSR count). The Balaban J connectivity index is 0.934. The van der Waals surface area contributed by atoms with Crippen molar-refractivity contribution in [2.45, 2.75) is 12.8 Å². The molecule has 0 N–H and O–H groups in total. The van der Waals surface area contributed by atoms with Crippen molar-refractivity contribution in [3.05, 3.63) is 236 Å². The lowest BCUT2D eigenvalue weighted by atomic mass is 9.93. The highest BCUT2D eigenvalue weighted by molar-refractivity contribution is 6.16. The number of para-hydroxylation sites is 1. The summed E-state index contributed by atoms with van der Waals surface area (Å²) in [5.41, 5.74) is 16.6. The molecule has 2 aromatic heterocycles. The van der Waals surface area contributed by atoms with Crippen LogP contribution in [0.2, 0.25) is 0 Å². The first-order valence-electron chi connectivity index (χ1n) is 22.4. The number of hydrogen-bond acceptors (Lipinski definition) is 3. The average Bonchev–Trinajstić information content (AvgIpc) is 3.96. The molecular formula is C62H41NO2. The molecule has 0 atom stereocenters. The highest BCUT2D eigenvalue weighted by Gasteiger charge is 2.23. The molecule has 2 heterocycles. The van der Waals surface area contributed by atoms with Crippen LogP contribution in [0.15, 0.2) is 239 Å². The topological polar surface area (TPSA) is 29.5 Å². The zero-order valence-electron chi connectivity index (χ0n) is 35.5. The molecule has 3 heteroatoms. The first kappa shape index (κ1) is 37.2. The largest absolute Gasteiger partial charge is 0.456 e.